The van der Waals surface area contributed by atoms with Crippen LogP contribution in [0, 0.1) is 5.92 Å². The summed E-state index contributed by atoms with van der Waals surface area (Å²) in [6.45, 7) is 6.67. The maximum atomic E-state index is 4.52. The molecule has 1 nitrogen and oxygen atoms in total. The van der Waals surface area contributed by atoms with Crippen LogP contribution >= 0.6 is 11.3 Å². The Morgan fingerprint density at radius 3 is 2.75 bits per heavy atom. The lowest BCUT2D eigenvalue weighted by atomic mass is 10.1. The molecule has 0 bridgehead atoms. The van der Waals surface area contributed by atoms with Gasteiger partial charge in [-0.3, -0.25) is 0 Å². The normalized spacial score (nSPS) is 11.0. The summed E-state index contributed by atoms with van der Waals surface area (Å²) in [5.74, 6) is 0.789. The van der Waals surface area contributed by atoms with E-state index in [9.17, 15) is 0 Å². The van der Waals surface area contributed by atoms with Crippen LogP contribution in [0.25, 0.3) is 0 Å². The molecule has 1 aromatic rings. The van der Waals surface area contributed by atoms with Gasteiger partial charge in [-0.05, 0) is 25.2 Å². The number of rotatable bonds is 4. The molecule has 0 aliphatic carbocycles. The van der Waals surface area contributed by atoms with Gasteiger partial charge in [0.2, 0.25) is 0 Å². The highest BCUT2D eigenvalue weighted by Crippen LogP contribution is 2.13. The molecule has 0 aromatic carbocycles. The number of hydrogen-bond acceptors (Lipinski definition) is 2. The van der Waals surface area contributed by atoms with Gasteiger partial charge in [-0.1, -0.05) is 20.8 Å². The van der Waals surface area contributed by atoms with Crippen LogP contribution in [0.15, 0.2) is 5.38 Å². The zero-order chi connectivity index (χ0) is 8.97. The van der Waals surface area contributed by atoms with E-state index in [1.807, 2.05) is 0 Å². The van der Waals surface area contributed by atoms with Gasteiger partial charge in [-0.15, -0.1) is 11.3 Å². The third-order valence-corrected chi connectivity index (χ3v) is 2.92. The van der Waals surface area contributed by atoms with E-state index < -0.39 is 0 Å². The summed E-state index contributed by atoms with van der Waals surface area (Å²) >= 11 is 1.79. The Hall–Kier alpha value is -0.370. The lowest BCUT2D eigenvalue weighted by molar-refractivity contribution is 0.582. The molecular weight excluding hydrogens is 166 g/mol. The van der Waals surface area contributed by atoms with E-state index in [-0.39, 0.29) is 0 Å². The van der Waals surface area contributed by atoms with Gasteiger partial charge in [0.15, 0.2) is 0 Å². The standard InChI is InChI=1S/C10H17NS/c1-4-10-11-9(7-12-10)6-5-8(2)3/h7-8H,4-6H2,1-3H3. The summed E-state index contributed by atoms with van der Waals surface area (Å²) in [7, 11) is 0. The average molecular weight is 183 g/mol. The fraction of sp³-hybridized carbons (Fsp3) is 0.700. The molecule has 0 atom stereocenters. The van der Waals surface area contributed by atoms with Gasteiger partial charge >= 0.3 is 0 Å². The van der Waals surface area contributed by atoms with Gasteiger partial charge < -0.3 is 0 Å². The minimum Gasteiger partial charge on any atom is -0.246 e. The fourth-order valence-electron chi connectivity index (χ4n) is 1.06. The van der Waals surface area contributed by atoms with Crippen LogP contribution in [0.1, 0.15) is 37.9 Å². The number of nitrogens with zero attached hydrogens (tertiary/aromatic N) is 1. The van der Waals surface area contributed by atoms with E-state index in [0.29, 0.717) is 0 Å². The van der Waals surface area contributed by atoms with Gasteiger partial charge in [0.05, 0.1) is 10.7 Å². The molecule has 0 aliphatic rings. The monoisotopic (exact) mass is 183 g/mol. The number of aromatic nitrogens is 1. The quantitative estimate of drug-likeness (QED) is 0.698. The summed E-state index contributed by atoms with van der Waals surface area (Å²) in [5, 5.41) is 3.47. The van der Waals surface area contributed by atoms with Crippen molar-refractivity contribution in [2.75, 3.05) is 0 Å². The van der Waals surface area contributed by atoms with Crippen molar-refractivity contribution in [1.82, 2.24) is 4.98 Å². The Morgan fingerprint density at radius 2 is 2.25 bits per heavy atom. The van der Waals surface area contributed by atoms with Crippen molar-refractivity contribution in [2.24, 2.45) is 5.92 Å². The Bertz CT molecular complexity index is 227. The zero-order valence-corrected chi connectivity index (χ0v) is 8.95. The van der Waals surface area contributed by atoms with Crippen LogP contribution in [0.3, 0.4) is 0 Å². The Morgan fingerprint density at radius 1 is 1.50 bits per heavy atom. The molecule has 68 valence electrons. The Labute approximate surface area is 78.8 Å². The summed E-state index contributed by atoms with van der Waals surface area (Å²) in [6.07, 6.45) is 3.48. The third-order valence-electron chi connectivity index (χ3n) is 1.88. The topological polar surface area (TPSA) is 12.9 Å². The van der Waals surface area contributed by atoms with E-state index >= 15 is 0 Å². The van der Waals surface area contributed by atoms with Crippen LogP contribution in [-0.4, -0.2) is 4.98 Å². The van der Waals surface area contributed by atoms with E-state index in [4.69, 9.17) is 0 Å². The molecule has 0 radical (unpaired) electrons. The molecule has 0 unspecified atom stereocenters. The van der Waals surface area contributed by atoms with Crippen LogP contribution < -0.4 is 0 Å². The average Bonchev–Trinajstić information content (AvgIpc) is 2.48. The minimum atomic E-state index is 0.789. The van der Waals surface area contributed by atoms with Gasteiger partial charge in [-0.25, -0.2) is 4.98 Å². The SMILES string of the molecule is CCc1nc(CCC(C)C)cs1. The van der Waals surface area contributed by atoms with Gasteiger partial charge in [-0.2, -0.15) is 0 Å². The van der Waals surface area contributed by atoms with Crippen LogP contribution in [0.4, 0.5) is 0 Å². The maximum absolute atomic E-state index is 4.52. The van der Waals surface area contributed by atoms with E-state index in [2.05, 4.69) is 31.1 Å². The van der Waals surface area contributed by atoms with Gasteiger partial charge in [0.25, 0.3) is 0 Å². The number of thiazole rings is 1. The molecule has 0 saturated heterocycles. The molecule has 0 aliphatic heterocycles. The summed E-state index contributed by atoms with van der Waals surface area (Å²) in [5.41, 5.74) is 1.28. The number of aryl methyl sites for hydroxylation is 2. The first kappa shape index (κ1) is 9.72. The second-order valence-electron chi connectivity index (χ2n) is 3.52. The molecule has 0 amide bonds. The molecule has 0 fully saturated rings. The minimum absolute atomic E-state index is 0.789. The van der Waals surface area contributed by atoms with E-state index in [1.54, 1.807) is 11.3 Å². The molecule has 0 N–H and O–H groups in total. The first-order valence-electron chi connectivity index (χ1n) is 4.65. The zero-order valence-electron chi connectivity index (χ0n) is 8.13. The lowest BCUT2D eigenvalue weighted by Gasteiger charge is -2.00. The smallest absolute Gasteiger partial charge is 0.0925 e. The van der Waals surface area contributed by atoms with Crippen molar-refractivity contribution in [3.05, 3.63) is 16.1 Å². The highest BCUT2D eigenvalue weighted by molar-refractivity contribution is 7.09. The highest BCUT2D eigenvalue weighted by atomic mass is 32.1. The summed E-state index contributed by atoms with van der Waals surface area (Å²) in [4.78, 5) is 4.52. The second-order valence-corrected chi connectivity index (χ2v) is 4.46. The van der Waals surface area contributed by atoms with Crippen molar-refractivity contribution in [3.63, 3.8) is 0 Å². The van der Waals surface area contributed by atoms with Crippen LogP contribution in [0.2, 0.25) is 0 Å². The molecule has 1 heterocycles. The predicted molar refractivity (Wildman–Crippen MR) is 54.7 cm³/mol. The number of hydrogen-bond donors (Lipinski definition) is 0. The first-order valence-corrected chi connectivity index (χ1v) is 5.53. The fourth-order valence-corrected chi connectivity index (χ4v) is 1.84. The molecule has 1 rings (SSSR count). The highest BCUT2D eigenvalue weighted by Gasteiger charge is 2.01. The van der Waals surface area contributed by atoms with Gasteiger partial charge in [0.1, 0.15) is 0 Å². The Balaban J connectivity index is 2.41. The van der Waals surface area contributed by atoms with Crippen molar-refractivity contribution < 1.29 is 0 Å². The summed E-state index contributed by atoms with van der Waals surface area (Å²) < 4.78 is 0. The van der Waals surface area contributed by atoms with Crippen LogP contribution in [0.5, 0.6) is 0 Å². The third kappa shape index (κ3) is 2.94. The Kier molecular flexibility index (Phi) is 3.73. The second kappa shape index (κ2) is 4.61. The largest absolute Gasteiger partial charge is 0.246 e. The first-order chi connectivity index (χ1) is 5.72. The van der Waals surface area contributed by atoms with Crippen molar-refractivity contribution >= 4 is 11.3 Å². The van der Waals surface area contributed by atoms with Crippen molar-refractivity contribution in [1.29, 1.82) is 0 Å². The predicted octanol–water partition coefficient (Wildman–Crippen LogP) is 3.29. The lowest BCUT2D eigenvalue weighted by Crippen LogP contribution is -1.92. The molecule has 12 heavy (non-hydrogen) atoms. The maximum Gasteiger partial charge on any atom is 0.0925 e. The molecular formula is C10H17NS. The van der Waals surface area contributed by atoms with Gasteiger partial charge in [0, 0.05) is 5.38 Å². The molecule has 0 saturated carbocycles. The van der Waals surface area contributed by atoms with Crippen molar-refractivity contribution in [2.45, 2.75) is 40.0 Å². The van der Waals surface area contributed by atoms with Crippen molar-refractivity contribution in [3.8, 4) is 0 Å². The summed E-state index contributed by atoms with van der Waals surface area (Å²) in [6, 6.07) is 0. The van der Waals surface area contributed by atoms with E-state index in [1.165, 1.54) is 17.1 Å². The van der Waals surface area contributed by atoms with E-state index in [0.717, 1.165) is 18.8 Å². The van der Waals surface area contributed by atoms with Crippen LogP contribution in [-0.2, 0) is 12.8 Å². The molecule has 0 spiro atoms. The molecule has 2 heteroatoms. The molecule has 1 aromatic heterocycles.